The second kappa shape index (κ2) is 6.41. The molecule has 1 aromatic rings. The third-order valence-electron chi connectivity index (χ3n) is 2.19. The molecule has 0 fully saturated rings. The number of hydrogen-bond donors (Lipinski definition) is 2. The lowest BCUT2D eigenvalue weighted by Gasteiger charge is -2.19. The van der Waals surface area contributed by atoms with E-state index >= 15 is 0 Å². The predicted octanol–water partition coefficient (Wildman–Crippen LogP) is 0.353. The molecule has 0 aliphatic rings. The van der Waals surface area contributed by atoms with E-state index in [0.717, 1.165) is 5.01 Å². The quantitative estimate of drug-likeness (QED) is 0.754. The van der Waals surface area contributed by atoms with Crippen molar-refractivity contribution in [3.8, 4) is 0 Å². The number of aliphatic hydroxyl groups is 1. The van der Waals surface area contributed by atoms with E-state index in [0.29, 0.717) is 6.42 Å². The Morgan fingerprint density at radius 2 is 2.35 bits per heavy atom. The van der Waals surface area contributed by atoms with Gasteiger partial charge in [0.1, 0.15) is 5.01 Å². The molecule has 0 amide bonds. The van der Waals surface area contributed by atoms with Gasteiger partial charge in [-0.05, 0) is 13.3 Å². The van der Waals surface area contributed by atoms with E-state index in [1.54, 1.807) is 18.5 Å². The van der Waals surface area contributed by atoms with Gasteiger partial charge in [0.2, 0.25) is 0 Å². The van der Waals surface area contributed by atoms with Crippen LogP contribution in [0.25, 0.3) is 0 Å². The maximum absolute atomic E-state index is 11.9. The van der Waals surface area contributed by atoms with Crippen LogP contribution < -0.4 is 4.72 Å². The Morgan fingerprint density at radius 3 is 2.88 bits per heavy atom. The Labute approximate surface area is 105 Å². The number of aromatic nitrogens is 1. The number of rotatable bonds is 7. The summed E-state index contributed by atoms with van der Waals surface area (Å²) in [5.74, 6) is 0. The first-order chi connectivity index (χ1) is 7.97. The fourth-order valence-electron chi connectivity index (χ4n) is 1.23. The van der Waals surface area contributed by atoms with Gasteiger partial charge in [0.15, 0.2) is 0 Å². The number of hydrogen-bond acceptors (Lipinski definition) is 5. The second-order valence-electron chi connectivity index (χ2n) is 3.61. The second-order valence-corrected chi connectivity index (χ2v) is 6.35. The van der Waals surface area contributed by atoms with Crippen molar-refractivity contribution in [1.29, 1.82) is 0 Å². The van der Waals surface area contributed by atoms with Crippen LogP contribution >= 0.6 is 11.3 Å². The lowest BCUT2D eigenvalue weighted by molar-refractivity contribution is 0.275. The molecule has 1 atom stereocenters. The third kappa shape index (κ3) is 4.32. The van der Waals surface area contributed by atoms with Gasteiger partial charge in [0.05, 0.1) is 6.04 Å². The predicted molar refractivity (Wildman–Crippen MR) is 66.9 cm³/mol. The van der Waals surface area contributed by atoms with Crippen LogP contribution in [0.2, 0.25) is 0 Å². The van der Waals surface area contributed by atoms with E-state index in [1.165, 1.54) is 22.7 Å². The monoisotopic (exact) mass is 279 g/mol. The van der Waals surface area contributed by atoms with Gasteiger partial charge in [-0.15, -0.1) is 11.3 Å². The molecule has 1 unspecified atom stereocenters. The molecule has 0 aliphatic carbocycles. The van der Waals surface area contributed by atoms with Gasteiger partial charge in [-0.3, -0.25) is 0 Å². The largest absolute Gasteiger partial charge is 0.396 e. The third-order valence-corrected chi connectivity index (χ3v) is 4.80. The summed E-state index contributed by atoms with van der Waals surface area (Å²) in [5, 5.41) is 11.2. The van der Waals surface area contributed by atoms with Crippen LogP contribution in [0.4, 0.5) is 0 Å². The van der Waals surface area contributed by atoms with Crippen molar-refractivity contribution >= 4 is 21.5 Å². The molecule has 8 heteroatoms. The van der Waals surface area contributed by atoms with Crippen molar-refractivity contribution in [3.63, 3.8) is 0 Å². The van der Waals surface area contributed by atoms with Crippen molar-refractivity contribution in [2.75, 3.05) is 20.2 Å². The summed E-state index contributed by atoms with van der Waals surface area (Å²) >= 11 is 1.40. The summed E-state index contributed by atoms with van der Waals surface area (Å²) in [7, 11) is -2.04. The molecule has 1 aromatic heterocycles. The summed E-state index contributed by atoms with van der Waals surface area (Å²) in [4.78, 5) is 4.05. The molecular formula is C9H17N3O3S2. The molecule has 0 radical (unpaired) electrons. The van der Waals surface area contributed by atoms with Crippen LogP contribution in [-0.4, -0.2) is 43.0 Å². The number of nitrogens with one attached hydrogen (secondary N) is 1. The van der Waals surface area contributed by atoms with E-state index in [1.807, 2.05) is 0 Å². The first-order valence-corrected chi connectivity index (χ1v) is 7.53. The molecule has 0 spiro atoms. The summed E-state index contributed by atoms with van der Waals surface area (Å²) in [5.41, 5.74) is 0. The van der Waals surface area contributed by atoms with E-state index in [-0.39, 0.29) is 19.2 Å². The van der Waals surface area contributed by atoms with Gasteiger partial charge in [-0.2, -0.15) is 17.4 Å². The van der Waals surface area contributed by atoms with E-state index in [2.05, 4.69) is 9.71 Å². The molecule has 6 nitrogen and oxygen atoms in total. The normalized spacial score (nSPS) is 14.1. The fraction of sp³-hybridized carbons (Fsp3) is 0.667. The maximum Gasteiger partial charge on any atom is 0.279 e. The molecule has 2 N–H and O–H groups in total. The highest BCUT2D eigenvalue weighted by molar-refractivity contribution is 7.87. The lowest BCUT2D eigenvalue weighted by Crippen LogP contribution is -2.40. The van der Waals surface area contributed by atoms with Crippen molar-refractivity contribution in [1.82, 2.24) is 14.0 Å². The molecule has 1 heterocycles. The topological polar surface area (TPSA) is 82.5 Å². The van der Waals surface area contributed by atoms with Gasteiger partial charge >= 0.3 is 0 Å². The van der Waals surface area contributed by atoms with Gasteiger partial charge < -0.3 is 5.11 Å². The first-order valence-electron chi connectivity index (χ1n) is 5.21. The van der Waals surface area contributed by atoms with Crippen LogP contribution in [0.1, 0.15) is 24.4 Å². The number of thiazole rings is 1. The lowest BCUT2D eigenvalue weighted by atomic mass is 10.4. The average Bonchev–Trinajstić information content (AvgIpc) is 2.78. The van der Waals surface area contributed by atoms with Gasteiger partial charge in [-0.25, -0.2) is 4.98 Å². The van der Waals surface area contributed by atoms with Crippen molar-refractivity contribution in [2.24, 2.45) is 0 Å². The minimum atomic E-state index is -3.52. The molecule has 0 saturated carbocycles. The minimum absolute atomic E-state index is 0.0259. The molecule has 98 valence electrons. The summed E-state index contributed by atoms with van der Waals surface area (Å²) in [6, 6.07) is -0.350. The van der Waals surface area contributed by atoms with Crippen LogP contribution in [-0.2, 0) is 10.2 Å². The van der Waals surface area contributed by atoms with Gasteiger partial charge in [0.25, 0.3) is 10.2 Å². The number of aliphatic hydroxyl groups excluding tert-OH is 1. The average molecular weight is 279 g/mol. The van der Waals surface area contributed by atoms with Gasteiger partial charge in [0, 0.05) is 31.8 Å². The smallest absolute Gasteiger partial charge is 0.279 e. The Kier molecular flexibility index (Phi) is 5.47. The molecule has 1 rings (SSSR count). The molecular weight excluding hydrogens is 262 g/mol. The van der Waals surface area contributed by atoms with Crippen molar-refractivity contribution < 1.29 is 13.5 Å². The summed E-state index contributed by atoms with van der Waals surface area (Å²) < 4.78 is 27.4. The number of nitrogens with zero attached hydrogens (tertiary/aromatic N) is 2. The van der Waals surface area contributed by atoms with Crippen LogP contribution in [0.5, 0.6) is 0 Å². The zero-order valence-corrected chi connectivity index (χ0v) is 11.5. The molecule has 0 aliphatic heterocycles. The highest BCUT2D eigenvalue weighted by atomic mass is 32.2. The highest BCUT2D eigenvalue weighted by Gasteiger charge is 2.21. The highest BCUT2D eigenvalue weighted by Crippen LogP contribution is 2.16. The van der Waals surface area contributed by atoms with Crippen molar-refractivity contribution in [2.45, 2.75) is 19.4 Å². The molecule has 0 bridgehead atoms. The Balaban J connectivity index is 2.60. The Hall–Kier alpha value is -0.540. The van der Waals surface area contributed by atoms with Crippen molar-refractivity contribution in [3.05, 3.63) is 16.6 Å². The summed E-state index contributed by atoms with van der Waals surface area (Å²) in [6.45, 7) is 2.01. The van der Waals surface area contributed by atoms with Crippen LogP contribution in [0.3, 0.4) is 0 Å². The minimum Gasteiger partial charge on any atom is -0.396 e. The van der Waals surface area contributed by atoms with E-state index in [9.17, 15) is 8.42 Å². The zero-order chi connectivity index (χ0) is 12.9. The molecule has 0 aromatic carbocycles. The fourth-order valence-corrected chi connectivity index (χ4v) is 3.05. The van der Waals surface area contributed by atoms with Crippen LogP contribution in [0.15, 0.2) is 11.6 Å². The summed E-state index contributed by atoms with van der Waals surface area (Å²) in [6.07, 6.45) is 2.06. The standard InChI is InChI=1S/C9H17N3O3S2/c1-8(9-10-4-7-16-9)11-17(14,15)12(2)5-3-6-13/h4,7-8,11,13H,3,5-6H2,1-2H3. The molecule has 17 heavy (non-hydrogen) atoms. The van der Waals surface area contributed by atoms with Crippen LogP contribution in [0, 0.1) is 0 Å². The van der Waals surface area contributed by atoms with Gasteiger partial charge in [-0.1, -0.05) is 0 Å². The molecule has 0 saturated heterocycles. The SMILES string of the molecule is CC(NS(=O)(=O)N(C)CCCO)c1nccs1. The maximum atomic E-state index is 11.9. The zero-order valence-electron chi connectivity index (χ0n) is 9.83. The van der Waals surface area contributed by atoms with E-state index < -0.39 is 10.2 Å². The first kappa shape index (κ1) is 14.5. The Morgan fingerprint density at radius 1 is 1.65 bits per heavy atom. The Bertz CT molecular complexity index is 419. The van der Waals surface area contributed by atoms with E-state index in [4.69, 9.17) is 5.11 Å².